The summed E-state index contributed by atoms with van der Waals surface area (Å²) < 4.78 is 42.9. The van der Waals surface area contributed by atoms with Crippen LogP contribution in [0.2, 0.25) is 0 Å². The van der Waals surface area contributed by atoms with Gasteiger partial charge in [0.2, 0.25) is 0 Å². The summed E-state index contributed by atoms with van der Waals surface area (Å²) in [6, 6.07) is 6.57. The van der Waals surface area contributed by atoms with E-state index < -0.39 is 12.1 Å². The maximum atomic E-state index is 12.5. The molecule has 0 aliphatic carbocycles. The fraction of sp³-hybridized carbons (Fsp3) is 0.500. The first-order valence-electron chi connectivity index (χ1n) is 6.69. The second-order valence-electron chi connectivity index (χ2n) is 5.05. The number of amides is 1. The van der Waals surface area contributed by atoms with Crippen LogP contribution in [0.15, 0.2) is 24.3 Å². The molecule has 1 amide bonds. The van der Waals surface area contributed by atoms with Crippen molar-refractivity contribution >= 4 is 11.6 Å². The van der Waals surface area contributed by atoms with E-state index in [9.17, 15) is 18.0 Å². The van der Waals surface area contributed by atoms with Gasteiger partial charge in [0.05, 0.1) is 5.92 Å². The van der Waals surface area contributed by atoms with Crippen molar-refractivity contribution in [1.29, 1.82) is 0 Å². The van der Waals surface area contributed by atoms with Crippen molar-refractivity contribution in [3.63, 3.8) is 0 Å². The Balaban J connectivity index is 1.78. The van der Waals surface area contributed by atoms with Gasteiger partial charge in [0.1, 0.15) is 5.75 Å². The van der Waals surface area contributed by atoms with E-state index in [4.69, 9.17) is 10.5 Å². The van der Waals surface area contributed by atoms with E-state index in [1.165, 1.54) is 4.90 Å². The molecule has 1 heterocycles. The molecule has 0 radical (unpaired) electrons. The number of likely N-dealkylation sites (tertiary alicyclic amines) is 1. The van der Waals surface area contributed by atoms with E-state index in [0.29, 0.717) is 11.4 Å². The third kappa shape index (κ3) is 4.27. The number of nitrogen functional groups attached to an aromatic ring is 1. The van der Waals surface area contributed by atoms with Crippen LogP contribution in [0.4, 0.5) is 18.9 Å². The van der Waals surface area contributed by atoms with Gasteiger partial charge in [-0.2, -0.15) is 13.2 Å². The maximum absolute atomic E-state index is 12.5. The Morgan fingerprint density at radius 2 is 1.81 bits per heavy atom. The minimum absolute atomic E-state index is 0.0445. The van der Waals surface area contributed by atoms with Gasteiger partial charge in [0, 0.05) is 18.8 Å². The quantitative estimate of drug-likeness (QED) is 0.873. The van der Waals surface area contributed by atoms with Gasteiger partial charge in [0.15, 0.2) is 6.61 Å². The van der Waals surface area contributed by atoms with Gasteiger partial charge in [-0.15, -0.1) is 0 Å². The summed E-state index contributed by atoms with van der Waals surface area (Å²) >= 11 is 0. The second-order valence-corrected chi connectivity index (χ2v) is 5.05. The third-order valence-electron chi connectivity index (χ3n) is 3.55. The lowest BCUT2D eigenvalue weighted by Gasteiger charge is -2.32. The summed E-state index contributed by atoms with van der Waals surface area (Å²) in [5.74, 6) is -1.10. The lowest BCUT2D eigenvalue weighted by molar-refractivity contribution is -0.186. The number of rotatable bonds is 3. The number of halogens is 3. The van der Waals surface area contributed by atoms with Gasteiger partial charge in [-0.05, 0) is 37.1 Å². The monoisotopic (exact) mass is 302 g/mol. The highest BCUT2D eigenvalue weighted by atomic mass is 19.4. The molecule has 0 atom stereocenters. The molecule has 0 unspecified atom stereocenters. The summed E-state index contributed by atoms with van der Waals surface area (Å²) in [6.07, 6.45) is -4.26. The number of carbonyl (C=O) groups excluding carboxylic acids is 1. The van der Waals surface area contributed by atoms with Crippen LogP contribution in [0.5, 0.6) is 5.75 Å². The summed E-state index contributed by atoms with van der Waals surface area (Å²) in [5, 5.41) is 0. The molecule has 1 aliphatic rings. The topological polar surface area (TPSA) is 55.6 Å². The first-order valence-corrected chi connectivity index (χ1v) is 6.69. The molecule has 2 N–H and O–H groups in total. The molecule has 116 valence electrons. The van der Waals surface area contributed by atoms with Gasteiger partial charge in [0.25, 0.3) is 5.91 Å². The van der Waals surface area contributed by atoms with E-state index in [1.54, 1.807) is 24.3 Å². The molecule has 1 aliphatic heterocycles. The number of nitrogens with two attached hydrogens (primary N) is 1. The molecule has 21 heavy (non-hydrogen) atoms. The van der Waals surface area contributed by atoms with E-state index in [0.717, 1.165) is 0 Å². The standard InChI is InChI=1S/C14H17F3N2O2/c15-14(16,17)10-5-7-19(8-6-10)13(20)9-21-12-3-1-11(18)2-4-12/h1-4,10H,5-9,18H2. The second kappa shape index (κ2) is 6.24. The number of hydrogen-bond acceptors (Lipinski definition) is 3. The molecule has 4 nitrogen and oxygen atoms in total. The number of piperidine rings is 1. The Morgan fingerprint density at radius 1 is 1.24 bits per heavy atom. The Labute approximate surface area is 120 Å². The molecule has 1 fully saturated rings. The fourth-order valence-corrected chi connectivity index (χ4v) is 2.26. The first kappa shape index (κ1) is 15.5. The molecular formula is C14H17F3N2O2. The van der Waals surface area contributed by atoms with Gasteiger partial charge >= 0.3 is 6.18 Å². The highest BCUT2D eigenvalue weighted by molar-refractivity contribution is 5.77. The molecule has 0 spiro atoms. The number of benzene rings is 1. The van der Waals surface area contributed by atoms with Crippen molar-refractivity contribution in [2.75, 3.05) is 25.4 Å². The molecule has 2 rings (SSSR count). The summed E-state index contributed by atoms with van der Waals surface area (Å²) in [5.41, 5.74) is 6.11. The lowest BCUT2D eigenvalue weighted by Crippen LogP contribution is -2.43. The van der Waals surface area contributed by atoms with Crippen molar-refractivity contribution in [3.05, 3.63) is 24.3 Å². The van der Waals surface area contributed by atoms with Crippen LogP contribution in [0.25, 0.3) is 0 Å². The van der Waals surface area contributed by atoms with Crippen molar-refractivity contribution in [1.82, 2.24) is 4.90 Å². The van der Waals surface area contributed by atoms with Crippen molar-refractivity contribution < 1.29 is 22.7 Å². The van der Waals surface area contributed by atoms with E-state index in [2.05, 4.69) is 0 Å². The summed E-state index contributed by atoms with van der Waals surface area (Å²) in [4.78, 5) is 13.3. The predicted molar refractivity (Wildman–Crippen MR) is 71.7 cm³/mol. The number of anilines is 1. The molecule has 7 heteroatoms. The number of alkyl halides is 3. The molecule has 0 aromatic heterocycles. The zero-order valence-corrected chi connectivity index (χ0v) is 11.4. The van der Waals surface area contributed by atoms with Crippen LogP contribution >= 0.6 is 0 Å². The Morgan fingerprint density at radius 3 is 2.33 bits per heavy atom. The largest absolute Gasteiger partial charge is 0.484 e. The van der Waals surface area contributed by atoms with E-state index >= 15 is 0 Å². The number of ether oxygens (including phenoxy) is 1. The minimum Gasteiger partial charge on any atom is -0.484 e. The number of nitrogens with zero attached hydrogens (tertiary/aromatic N) is 1. The molecule has 0 bridgehead atoms. The SMILES string of the molecule is Nc1ccc(OCC(=O)N2CCC(C(F)(F)F)CC2)cc1. The highest BCUT2D eigenvalue weighted by Crippen LogP contribution is 2.34. The minimum atomic E-state index is -4.17. The Hall–Kier alpha value is -1.92. The molecule has 0 saturated carbocycles. The van der Waals surface area contributed by atoms with Crippen molar-refractivity contribution in [2.24, 2.45) is 5.92 Å². The van der Waals surface area contributed by atoms with Crippen LogP contribution in [0, 0.1) is 5.92 Å². The van der Waals surface area contributed by atoms with Crippen LogP contribution in [-0.2, 0) is 4.79 Å². The number of hydrogen-bond donors (Lipinski definition) is 1. The van der Waals surface area contributed by atoms with Crippen LogP contribution in [0.1, 0.15) is 12.8 Å². The summed E-state index contributed by atoms with van der Waals surface area (Å²) in [6.45, 7) is 0.0584. The maximum Gasteiger partial charge on any atom is 0.391 e. The normalized spacial score (nSPS) is 16.8. The zero-order chi connectivity index (χ0) is 15.5. The van der Waals surface area contributed by atoms with E-state index in [-0.39, 0.29) is 38.4 Å². The van der Waals surface area contributed by atoms with E-state index in [1.807, 2.05) is 0 Å². The average molecular weight is 302 g/mol. The molecule has 1 aromatic carbocycles. The smallest absolute Gasteiger partial charge is 0.391 e. The van der Waals surface area contributed by atoms with Crippen LogP contribution in [-0.4, -0.2) is 36.7 Å². The predicted octanol–water partition coefficient (Wildman–Crippen LogP) is 2.45. The van der Waals surface area contributed by atoms with Crippen molar-refractivity contribution in [2.45, 2.75) is 19.0 Å². The Bertz CT molecular complexity index is 480. The first-order chi connectivity index (χ1) is 9.86. The lowest BCUT2D eigenvalue weighted by atomic mass is 9.96. The van der Waals surface area contributed by atoms with Gasteiger partial charge in [-0.1, -0.05) is 0 Å². The van der Waals surface area contributed by atoms with Gasteiger partial charge in [-0.25, -0.2) is 0 Å². The zero-order valence-electron chi connectivity index (χ0n) is 11.4. The van der Waals surface area contributed by atoms with Gasteiger partial charge < -0.3 is 15.4 Å². The Kier molecular flexibility index (Phi) is 4.59. The van der Waals surface area contributed by atoms with Crippen LogP contribution in [0.3, 0.4) is 0 Å². The average Bonchev–Trinajstić information content (AvgIpc) is 2.45. The third-order valence-corrected chi connectivity index (χ3v) is 3.55. The van der Waals surface area contributed by atoms with Crippen LogP contribution < -0.4 is 10.5 Å². The fourth-order valence-electron chi connectivity index (χ4n) is 2.26. The molecule has 1 aromatic rings. The highest BCUT2D eigenvalue weighted by Gasteiger charge is 2.41. The summed E-state index contributed by atoms with van der Waals surface area (Å²) in [7, 11) is 0. The van der Waals surface area contributed by atoms with Crippen molar-refractivity contribution in [3.8, 4) is 5.75 Å². The van der Waals surface area contributed by atoms with Gasteiger partial charge in [-0.3, -0.25) is 4.79 Å². The molecule has 1 saturated heterocycles. The number of carbonyl (C=O) groups is 1. The molecular weight excluding hydrogens is 285 g/mol.